The van der Waals surface area contributed by atoms with Crippen molar-refractivity contribution in [2.75, 3.05) is 5.73 Å². The van der Waals surface area contributed by atoms with Crippen molar-refractivity contribution in [1.82, 2.24) is 4.98 Å². The Morgan fingerprint density at radius 2 is 1.95 bits per heavy atom. The molecule has 0 fully saturated rings. The number of hydrogen-bond acceptors (Lipinski definition) is 3. The SMILES string of the molecule is Cc1ccccc1Oc1ccc2nc3c(c(N)c2c1)CCC3. The number of ether oxygens (including phenoxy) is 1. The van der Waals surface area contributed by atoms with Crippen LogP contribution in [-0.2, 0) is 12.8 Å². The van der Waals surface area contributed by atoms with Gasteiger partial charge in [0.05, 0.1) is 5.52 Å². The van der Waals surface area contributed by atoms with Crippen LogP contribution in [0.3, 0.4) is 0 Å². The minimum atomic E-state index is 0.799. The molecule has 2 aromatic carbocycles. The maximum Gasteiger partial charge on any atom is 0.130 e. The number of fused-ring (bicyclic) bond motifs is 2. The second-order valence-corrected chi connectivity index (χ2v) is 5.85. The van der Waals surface area contributed by atoms with Crippen LogP contribution in [0.5, 0.6) is 11.5 Å². The summed E-state index contributed by atoms with van der Waals surface area (Å²) in [5.74, 6) is 1.67. The van der Waals surface area contributed by atoms with E-state index in [0.717, 1.165) is 58.6 Å². The van der Waals surface area contributed by atoms with E-state index in [0.29, 0.717) is 0 Å². The van der Waals surface area contributed by atoms with Crippen molar-refractivity contribution >= 4 is 16.6 Å². The Morgan fingerprint density at radius 3 is 2.82 bits per heavy atom. The van der Waals surface area contributed by atoms with Gasteiger partial charge >= 0.3 is 0 Å². The van der Waals surface area contributed by atoms with Gasteiger partial charge in [-0.3, -0.25) is 4.98 Å². The Balaban J connectivity index is 1.79. The molecule has 22 heavy (non-hydrogen) atoms. The summed E-state index contributed by atoms with van der Waals surface area (Å²) in [5.41, 5.74) is 11.7. The number of benzene rings is 2. The van der Waals surface area contributed by atoms with E-state index < -0.39 is 0 Å². The molecule has 1 heterocycles. The van der Waals surface area contributed by atoms with Crippen molar-refractivity contribution in [2.24, 2.45) is 0 Å². The van der Waals surface area contributed by atoms with Crippen LogP contribution in [0.4, 0.5) is 5.69 Å². The first-order valence-electron chi connectivity index (χ1n) is 7.67. The smallest absolute Gasteiger partial charge is 0.130 e. The van der Waals surface area contributed by atoms with E-state index in [1.807, 2.05) is 49.4 Å². The largest absolute Gasteiger partial charge is 0.457 e. The van der Waals surface area contributed by atoms with Gasteiger partial charge in [-0.25, -0.2) is 0 Å². The number of nitrogens with two attached hydrogens (primary N) is 1. The average molecular weight is 290 g/mol. The van der Waals surface area contributed by atoms with Gasteiger partial charge in [0.1, 0.15) is 11.5 Å². The zero-order valence-corrected chi connectivity index (χ0v) is 12.6. The summed E-state index contributed by atoms with van der Waals surface area (Å²) in [6, 6.07) is 14.0. The Morgan fingerprint density at radius 1 is 1.09 bits per heavy atom. The predicted octanol–water partition coefficient (Wildman–Crippen LogP) is 4.41. The van der Waals surface area contributed by atoms with Gasteiger partial charge in [0.15, 0.2) is 0 Å². The van der Waals surface area contributed by atoms with Gasteiger partial charge in [-0.2, -0.15) is 0 Å². The van der Waals surface area contributed by atoms with Crippen molar-refractivity contribution in [3.63, 3.8) is 0 Å². The summed E-state index contributed by atoms with van der Waals surface area (Å²) in [5, 5.41) is 0.992. The van der Waals surface area contributed by atoms with Crippen LogP contribution in [0.1, 0.15) is 23.2 Å². The number of hydrogen-bond donors (Lipinski definition) is 1. The number of aryl methyl sites for hydroxylation is 2. The average Bonchev–Trinajstić information content (AvgIpc) is 2.99. The fraction of sp³-hybridized carbons (Fsp3) is 0.211. The zero-order valence-electron chi connectivity index (χ0n) is 12.6. The van der Waals surface area contributed by atoms with Gasteiger partial charge in [-0.15, -0.1) is 0 Å². The molecular weight excluding hydrogens is 272 g/mol. The third kappa shape index (κ3) is 2.10. The molecule has 0 unspecified atom stereocenters. The number of nitrogens with zero attached hydrogens (tertiary/aromatic N) is 1. The molecule has 0 amide bonds. The van der Waals surface area contributed by atoms with E-state index in [-0.39, 0.29) is 0 Å². The quantitative estimate of drug-likeness (QED) is 0.760. The standard InChI is InChI=1S/C19H18N2O/c1-12-5-2-3-8-18(12)22-13-9-10-17-15(11-13)19(20)14-6-4-7-16(14)21-17/h2-3,5,8-11H,4,6-7H2,1H3,(H2,20,21). The highest BCUT2D eigenvalue weighted by Gasteiger charge is 2.18. The van der Waals surface area contributed by atoms with Gasteiger partial charge in [0.25, 0.3) is 0 Å². The molecule has 0 saturated carbocycles. The number of pyridine rings is 1. The van der Waals surface area contributed by atoms with Gasteiger partial charge < -0.3 is 10.5 Å². The fourth-order valence-corrected chi connectivity index (χ4v) is 3.14. The fourth-order valence-electron chi connectivity index (χ4n) is 3.14. The van der Waals surface area contributed by atoms with Crippen LogP contribution in [0.2, 0.25) is 0 Å². The summed E-state index contributed by atoms with van der Waals surface area (Å²) in [4.78, 5) is 4.75. The van der Waals surface area contributed by atoms with E-state index in [1.165, 1.54) is 5.56 Å². The molecule has 3 nitrogen and oxygen atoms in total. The van der Waals surface area contributed by atoms with Crippen LogP contribution in [0.15, 0.2) is 42.5 Å². The lowest BCUT2D eigenvalue weighted by atomic mass is 10.1. The minimum absolute atomic E-state index is 0.799. The number of rotatable bonds is 2. The first kappa shape index (κ1) is 13.1. The van der Waals surface area contributed by atoms with Crippen LogP contribution in [-0.4, -0.2) is 4.98 Å². The molecule has 0 bridgehead atoms. The van der Waals surface area contributed by atoms with E-state index in [9.17, 15) is 0 Å². The Hall–Kier alpha value is -2.55. The van der Waals surface area contributed by atoms with E-state index in [4.69, 9.17) is 15.5 Å². The van der Waals surface area contributed by atoms with Gasteiger partial charge in [0, 0.05) is 16.8 Å². The summed E-state index contributed by atoms with van der Waals surface area (Å²) in [7, 11) is 0. The number of nitrogen functional groups attached to an aromatic ring is 1. The van der Waals surface area contributed by atoms with Crippen LogP contribution in [0.25, 0.3) is 10.9 Å². The van der Waals surface area contributed by atoms with Gasteiger partial charge in [-0.05, 0) is 61.6 Å². The Kier molecular flexibility index (Phi) is 3.00. The molecule has 0 radical (unpaired) electrons. The lowest BCUT2D eigenvalue weighted by molar-refractivity contribution is 0.479. The summed E-state index contributed by atoms with van der Waals surface area (Å²) < 4.78 is 6.01. The molecule has 0 spiro atoms. The van der Waals surface area contributed by atoms with Crippen LogP contribution >= 0.6 is 0 Å². The lowest BCUT2D eigenvalue weighted by Gasteiger charge is -2.12. The molecule has 1 aliphatic rings. The van der Waals surface area contributed by atoms with Crippen molar-refractivity contribution in [1.29, 1.82) is 0 Å². The summed E-state index contributed by atoms with van der Waals surface area (Å²) >= 11 is 0. The lowest BCUT2D eigenvalue weighted by Crippen LogP contribution is -1.98. The van der Waals surface area contributed by atoms with E-state index in [2.05, 4.69) is 0 Å². The van der Waals surface area contributed by atoms with Crippen molar-refractivity contribution in [3.05, 3.63) is 59.3 Å². The highest BCUT2D eigenvalue weighted by atomic mass is 16.5. The maximum atomic E-state index is 6.37. The molecule has 0 aliphatic heterocycles. The molecule has 4 rings (SSSR count). The van der Waals surface area contributed by atoms with Crippen molar-refractivity contribution < 1.29 is 4.74 Å². The second-order valence-electron chi connectivity index (χ2n) is 5.85. The van der Waals surface area contributed by atoms with Crippen LogP contribution in [0, 0.1) is 6.92 Å². The van der Waals surface area contributed by atoms with Gasteiger partial charge in [0.2, 0.25) is 0 Å². The molecular formula is C19H18N2O. The summed E-state index contributed by atoms with van der Waals surface area (Å²) in [6.45, 7) is 2.04. The normalized spacial score (nSPS) is 13.3. The third-order valence-corrected chi connectivity index (χ3v) is 4.35. The molecule has 3 aromatic rings. The topological polar surface area (TPSA) is 48.1 Å². The molecule has 0 saturated heterocycles. The van der Waals surface area contributed by atoms with Crippen molar-refractivity contribution in [2.45, 2.75) is 26.2 Å². The maximum absolute atomic E-state index is 6.37. The third-order valence-electron chi connectivity index (χ3n) is 4.35. The molecule has 2 N–H and O–H groups in total. The second kappa shape index (κ2) is 5.02. The summed E-state index contributed by atoms with van der Waals surface area (Å²) in [6.07, 6.45) is 3.22. The Bertz CT molecular complexity index is 871. The highest BCUT2D eigenvalue weighted by molar-refractivity contribution is 5.93. The molecule has 0 atom stereocenters. The van der Waals surface area contributed by atoms with Crippen LogP contribution < -0.4 is 10.5 Å². The predicted molar refractivity (Wildman–Crippen MR) is 89.4 cm³/mol. The number of anilines is 1. The molecule has 3 heteroatoms. The highest BCUT2D eigenvalue weighted by Crippen LogP contribution is 2.34. The van der Waals surface area contributed by atoms with Gasteiger partial charge in [-0.1, -0.05) is 18.2 Å². The zero-order chi connectivity index (χ0) is 15.1. The number of aromatic nitrogens is 1. The molecule has 1 aromatic heterocycles. The minimum Gasteiger partial charge on any atom is -0.457 e. The molecule has 1 aliphatic carbocycles. The first-order valence-corrected chi connectivity index (χ1v) is 7.67. The molecule has 110 valence electrons. The first-order chi connectivity index (χ1) is 10.7. The van der Waals surface area contributed by atoms with E-state index >= 15 is 0 Å². The Labute approximate surface area is 129 Å². The van der Waals surface area contributed by atoms with Crippen molar-refractivity contribution in [3.8, 4) is 11.5 Å². The number of para-hydroxylation sites is 1. The van der Waals surface area contributed by atoms with E-state index in [1.54, 1.807) is 0 Å². The monoisotopic (exact) mass is 290 g/mol.